The van der Waals surface area contributed by atoms with Crippen LogP contribution in [0.5, 0.6) is 11.5 Å². The third-order valence-corrected chi connectivity index (χ3v) is 7.03. The molecule has 2 bridgehead atoms. The van der Waals surface area contributed by atoms with Crippen molar-refractivity contribution in [1.29, 1.82) is 0 Å². The summed E-state index contributed by atoms with van der Waals surface area (Å²) in [4.78, 5) is 7.54. The molecule has 30 heavy (non-hydrogen) atoms. The summed E-state index contributed by atoms with van der Waals surface area (Å²) in [6.07, 6.45) is 3.44. The van der Waals surface area contributed by atoms with Crippen LogP contribution in [0.2, 0.25) is 0 Å². The van der Waals surface area contributed by atoms with Gasteiger partial charge >= 0.3 is 0 Å². The molecule has 166 valence electrons. The lowest BCUT2D eigenvalue weighted by Crippen LogP contribution is -2.42. The van der Waals surface area contributed by atoms with Gasteiger partial charge in [-0.3, -0.25) is 4.99 Å². The number of fused-ring (bicyclic) bond motifs is 6. The molecule has 0 saturated carbocycles. The van der Waals surface area contributed by atoms with E-state index in [2.05, 4.69) is 43.1 Å². The number of likely N-dealkylation sites (tertiary alicyclic amines) is 1. The van der Waals surface area contributed by atoms with E-state index in [4.69, 9.17) is 19.2 Å². The van der Waals surface area contributed by atoms with Crippen LogP contribution in [0.25, 0.3) is 0 Å². The van der Waals surface area contributed by atoms with Crippen molar-refractivity contribution in [3.8, 4) is 11.5 Å². The lowest BCUT2D eigenvalue weighted by Gasteiger charge is -2.28. The highest BCUT2D eigenvalue weighted by Gasteiger charge is 2.53. The van der Waals surface area contributed by atoms with Gasteiger partial charge < -0.3 is 24.4 Å². The number of guanidine groups is 1. The standard InChI is InChI=1S/C23H33N3O3.HI/c1-4-24-22(26-12-16-17(13-26)19-8-7-18(16)29-19)25-14-23(2,3)15-5-6-20-21(11-15)28-10-9-27-20;/h5-6,11,16-19H,4,7-10,12-14H2,1-3H3,(H,24,25);1H. The van der Waals surface area contributed by atoms with Crippen LogP contribution >= 0.6 is 24.0 Å². The normalized spacial score (nSPS) is 29.6. The van der Waals surface area contributed by atoms with Crippen molar-refractivity contribution < 1.29 is 14.2 Å². The Hall–Kier alpha value is -1.22. The van der Waals surface area contributed by atoms with Crippen LogP contribution < -0.4 is 14.8 Å². The van der Waals surface area contributed by atoms with Crippen LogP contribution in [0.1, 0.15) is 39.2 Å². The lowest BCUT2D eigenvalue weighted by molar-refractivity contribution is 0.0767. The number of rotatable bonds is 4. The van der Waals surface area contributed by atoms with Gasteiger partial charge in [-0.15, -0.1) is 24.0 Å². The van der Waals surface area contributed by atoms with E-state index in [-0.39, 0.29) is 29.4 Å². The second-order valence-corrected chi connectivity index (χ2v) is 9.44. The van der Waals surface area contributed by atoms with Crippen molar-refractivity contribution in [2.45, 2.75) is 51.2 Å². The van der Waals surface area contributed by atoms with E-state index in [0.29, 0.717) is 37.3 Å². The molecule has 3 fully saturated rings. The topological polar surface area (TPSA) is 55.3 Å². The first-order valence-electron chi connectivity index (χ1n) is 11.1. The molecule has 0 radical (unpaired) electrons. The van der Waals surface area contributed by atoms with Gasteiger partial charge in [-0.05, 0) is 37.5 Å². The molecule has 4 unspecified atom stereocenters. The van der Waals surface area contributed by atoms with E-state index in [1.165, 1.54) is 18.4 Å². The van der Waals surface area contributed by atoms with Crippen molar-refractivity contribution >= 4 is 29.9 Å². The molecular formula is C23H34IN3O3. The summed E-state index contributed by atoms with van der Waals surface area (Å²) >= 11 is 0. The molecule has 3 saturated heterocycles. The molecule has 4 aliphatic rings. The Morgan fingerprint density at radius 1 is 1.10 bits per heavy atom. The second-order valence-electron chi connectivity index (χ2n) is 9.44. The Bertz CT molecular complexity index is 782. The van der Waals surface area contributed by atoms with Gasteiger partial charge in [-0.2, -0.15) is 0 Å². The molecule has 1 aromatic carbocycles. The van der Waals surface area contributed by atoms with Gasteiger partial charge in [-0.25, -0.2) is 0 Å². The highest BCUT2D eigenvalue weighted by Crippen LogP contribution is 2.47. The van der Waals surface area contributed by atoms with Crippen molar-refractivity contribution in [2.24, 2.45) is 16.8 Å². The zero-order chi connectivity index (χ0) is 20.0. The van der Waals surface area contributed by atoms with Gasteiger partial charge in [0.15, 0.2) is 17.5 Å². The summed E-state index contributed by atoms with van der Waals surface area (Å²) in [5, 5.41) is 3.53. The summed E-state index contributed by atoms with van der Waals surface area (Å²) in [7, 11) is 0. The number of hydrogen-bond donors (Lipinski definition) is 1. The van der Waals surface area contributed by atoms with Crippen molar-refractivity contribution in [3.63, 3.8) is 0 Å². The average Bonchev–Trinajstić information content (AvgIpc) is 3.44. The van der Waals surface area contributed by atoms with Crippen molar-refractivity contribution in [2.75, 3.05) is 39.4 Å². The van der Waals surface area contributed by atoms with E-state index in [0.717, 1.165) is 43.6 Å². The summed E-state index contributed by atoms with van der Waals surface area (Å²) in [5.41, 5.74) is 1.14. The molecule has 0 aromatic heterocycles. The van der Waals surface area contributed by atoms with Crippen LogP contribution in [-0.2, 0) is 10.2 Å². The number of benzene rings is 1. The van der Waals surface area contributed by atoms with Gasteiger partial charge in [0.25, 0.3) is 0 Å². The van der Waals surface area contributed by atoms with Crippen LogP contribution in [-0.4, -0.2) is 62.5 Å². The minimum Gasteiger partial charge on any atom is -0.486 e. The molecule has 5 rings (SSSR count). The number of ether oxygens (including phenoxy) is 3. The maximum absolute atomic E-state index is 6.14. The van der Waals surface area contributed by atoms with Crippen LogP contribution in [0, 0.1) is 11.8 Å². The highest BCUT2D eigenvalue weighted by atomic mass is 127. The fraction of sp³-hybridized carbons (Fsp3) is 0.696. The van der Waals surface area contributed by atoms with Gasteiger partial charge in [0.05, 0.1) is 18.8 Å². The summed E-state index contributed by atoms with van der Waals surface area (Å²) in [6.45, 7) is 11.6. The van der Waals surface area contributed by atoms with E-state index in [9.17, 15) is 0 Å². The fourth-order valence-electron chi connectivity index (χ4n) is 5.39. The third-order valence-electron chi connectivity index (χ3n) is 7.03. The van der Waals surface area contributed by atoms with Crippen molar-refractivity contribution in [3.05, 3.63) is 23.8 Å². The lowest BCUT2D eigenvalue weighted by atomic mass is 9.82. The summed E-state index contributed by atoms with van der Waals surface area (Å²) in [6, 6.07) is 6.29. The largest absolute Gasteiger partial charge is 0.486 e. The maximum Gasteiger partial charge on any atom is 0.193 e. The fourth-order valence-corrected chi connectivity index (χ4v) is 5.39. The van der Waals surface area contributed by atoms with E-state index in [1.807, 2.05) is 6.07 Å². The number of nitrogens with one attached hydrogen (secondary N) is 1. The van der Waals surface area contributed by atoms with Crippen LogP contribution in [0.4, 0.5) is 0 Å². The SMILES string of the molecule is CCNC(=NCC(C)(C)c1ccc2c(c1)OCCO2)N1CC2C3CCC(O3)C2C1.I. The number of aliphatic imine (C=N–C) groups is 1. The molecule has 1 aromatic rings. The predicted octanol–water partition coefficient (Wildman–Crippen LogP) is 3.43. The number of halogens is 1. The minimum atomic E-state index is -0.0890. The zero-order valence-corrected chi connectivity index (χ0v) is 20.6. The molecule has 4 aliphatic heterocycles. The van der Waals surface area contributed by atoms with E-state index >= 15 is 0 Å². The zero-order valence-electron chi connectivity index (χ0n) is 18.2. The second kappa shape index (κ2) is 8.73. The molecule has 0 amide bonds. The predicted molar refractivity (Wildman–Crippen MR) is 128 cm³/mol. The molecule has 7 heteroatoms. The smallest absolute Gasteiger partial charge is 0.193 e. The summed E-state index contributed by atoms with van der Waals surface area (Å²) < 4.78 is 17.6. The Labute approximate surface area is 196 Å². The quantitative estimate of drug-likeness (QED) is 0.370. The van der Waals surface area contributed by atoms with Gasteiger partial charge in [0.1, 0.15) is 13.2 Å². The van der Waals surface area contributed by atoms with E-state index in [1.54, 1.807) is 0 Å². The molecule has 6 nitrogen and oxygen atoms in total. The minimum absolute atomic E-state index is 0. The van der Waals surface area contributed by atoms with Crippen molar-refractivity contribution in [1.82, 2.24) is 10.2 Å². The summed E-state index contributed by atoms with van der Waals surface area (Å²) in [5.74, 6) is 4.10. The van der Waals surface area contributed by atoms with Crippen LogP contribution in [0.15, 0.2) is 23.2 Å². The number of hydrogen-bond acceptors (Lipinski definition) is 4. The molecular weight excluding hydrogens is 493 g/mol. The Balaban J connectivity index is 0.00000218. The van der Waals surface area contributed by atoms with Gasteiger partial charge in [0, 0.05) is 36.9 Å². The molecule has 0 aliphatic carbocycles. The van der Waals surface area contributed by atoms with Crippen LogP contribution in [0.3, 0.4) is 0 Å². The third kappa shape index (κ3) is 3.99. The Morgan fingerprint density at radius 2 is 1.77 bits per heavy atom. The van der Waals surface area contributed by atoms with E-state index < -0.39 is 0 Å². The first kappa shape index (κ1) is 22.0. The Morgan fingerprint density at radius 3 is 2.43 bits per heavy atom. The monoisotopic (exact) mass is 527 g/mol. The molecule has 0 spiro atoms. The average molecular weight is 527 g/mol. The molecule has 4 atom stereocenters. The molecule has 1 N–H and O–H groups in total. The first-order chi connectivity index (χ1) is 14.0. The number of nitrogens with zero attached hydrogens (tertiary/aromatic N) is 2. The highest BCUT2D eigenvalue weighted by molar-refractivity contribution is 14.0. The first-order valence-corrected chi connectivity index (χ1v) is 11.1. The maximum atomic E-state index is 6.14. The van der Waals surface area contributed by atoms with Gasteiger partial charge in [-0.1, -0.05) is 19.9 Å². The Kier molecular flexibility index (Phi) is 6.40. The van der Waals surface area contributed by atoms with Gasteiger partial charge in [0.2, 0.25) is 0 Å². The molecule has 4 heterocycles.